The molecule has 0 aliphatic heterocycles. The number of benzene rings is 1. The minimum absolute atomic E-state index is 0.0874. The number of aliphatic hydroxyl groups excluding tert-OH is 1. The molecule has 0 saturated heterocycles. The topological polar surface area (TPSA) is 29.5 Å². The lowest BCUT2D eigenvalue weighted by Gasteiger charge is -2.08. The molecule has 0 fully saturated rings. The maximum Gasteiger partial charge on any atom is 0.119 e. The van der Waals surface area contributed by atoms with Gasteiger partial charge in [0.2, 0.25) is 0 Å². The molecule has 72 valence electrons. The van der Waals surface area contributed by atoms with Crippen molar-refractivity contribution in [3.8, 4) is 5.75 Å². The first-order valence-corrected chi connectivity index (χ1v) is 4.67. The Balaban J connectivity index is 2.91. The number of hydrogen-bond acceptors (Lipinski definition) is 2. The van der Waals surface area contributed by atoms with Gasteiger partial charge in [-0.25, -0.2) is 0 Å². The standard InChI is InChI=1S/C11H16O2/c1-3-9-5-6-11(13-4-2)7-10(9)8-12/h5-7,12H,3-4,8H2,1-2H3. The highest BCUT2D eigenvalue weighted by Gasteiger charge is 2.01. The van der Waals surface area contributed by atoms with Gasteiger partial charge < -0.3 is 9.84 Å². The molecule has 1 N–H and O–H groups in total. The Morgan fingerprint density at radius 1 is 1.23 bits per heavy atom. The average Bonchev–Trinajstić information content (AvgIpc) is 2.18. The summed E-state index contributed by atoms with van der Waals surface area (Å²) in [6.45, 7) is 4.78. The van der Waals surface area contributed by atoms with Crippen molar-refractivity contribution < 1.29 is 9.84 Å². The van der Waals surface area contributed by atoms with Crippen molar-refractivity contribution in [3.05, 3.63) is 29.3 Å². The van der Waals surface area contributed by atoms with Gasteiger partial charge in [-0.2, -0.15) is 0 Å². The first-order chi connectivity index (χ1) is 6.31. The lowest BCUT2D eigenvalue weighted by molar-refractivity contribution is 0.279. The van der Waals surface area contributed by atoms with Crippen molar-refractivity contribution >= 4 is 0 Å². The van der Waals surface area contributed by atoms with Crippen LogP contribution < -0.4 is 4.74 Å². The van der Waals surface area contributed by atoms with E-state index < -0.39 is 0 Å². The molecular formula is C11H16O2. The summed E-state index contributed by atoms with van der Waals surface area (Å²) in [6.07, 6.45) is 0.947. The first kappa shape index (κ1) is 10.1. The Hall–Kier alpha value is -1.02. The van der Waals surface area contributed by atoms with E-state index in [2.05, 4.69) is 6.92 Å². The van der Waals surface area contributed by atoms with Crippen LogP contribution in [0.3, 0.4) is 0 Å². The molecule has 0 aliphatic carbocycles. The summed E-state index contributed by atoms with van der Waals surface area (Å²) >= 11 is 0. The van der Waals surface area contributed by atoms with E-state index in [0.29, 0.717) is 6.61 Å². The van der Waals surface area contributed by atoms with Crippen molar-refractivity contribution in [3.63, 3.8) is 0 Å². The zero-order valence-electron chi connectivity index (χ0n) is 8.21. The molecule has 0 unspecified atom stereocenters. The molecule has 0 bridgehead atoms. The molecule has 0 atom stereocenters. The number of aliphatic hydroxyl groups is 1. The molecule has 0 aromatic heterocycles. The van der Waals surface area contributed by atoms with Gasteiger partial charge in [-0.15, -0.1) is 0 Å². The van der Waals surface area contributed by atoms with Crippen molar-refractivity contribution in [2.75, 3.05) is 6.61 Å². The van der Waals surface area contributed by atoms with Gasteiger partial charge in [0, 0.05) is 0 Å². The molecule has 13 heavy (non-hydrogen) atoms. The molecule has 1 aromatic carbocycles. The Bertz CT molecular complexity index is 269. The number of ether oxygens (including phenoxy) is 1. The third-order valence-corrected chi connectivity index (χ3v) is 2.04. The highest BCUT2D eigenvalue weighted by atomic mass is 16.5. The molecule has 0 aliphatic rings. The summed E-state index contributed by atoms with van der Waals surface area (Å²) in [6, 6.07) is 5.86. The lowest BCUT2D eigenvalue weighted by Crippen LogP contribution is -1.96. The summed E-state index contributed by atoms with van der Waals surface area (Å²) < 4.78 is 5.34. The quantitative estimate of drug-likeness (QED) is 0.769. The molecule has 0 saturated carbocycles. The van der Waals surface area contributed by atoms with Crippen LogP contribution >= 0.6 is 0 Å². The van der Waals surface area contributed by atoms with Gasteiger partial charge >= 0.3 is 0 Å². The summed E-state index contributed by atoms with van der Waals surface area (Å²) in [5.41, 5.74) is 2.15. The van der Waals surface area contributed by atoms with Crippen LogP contribution in [0.15, 0.2) is 18.2 Å². The van der Waals surface area contributed by atoms with Crippen LogP contribution in [0.1, 0.15) is 25.0 Å². The van der Waals surface area contributed by atoms with Gasteiger partial charge in [0.1, 0.15) is 5.75 Å². The predicted molar refractivity (Wildman–Crippen MR) is 52.9 cm³/mol. The number of hydrogen-bond donors (Lipinski definition) is 1. The summed E-state index contributed by atoms with van der Waals surface area (Å²) in [7, 11) is 0. The summed E-state index contributed by atoms with van der Waals surface area (Å²) in [4.78, 5) is 0. The van der Waals surface area contributed by atoms with Gasteiger partial charge in [0.25, 0.3) is 0 Å². The van der Waals surface area contributed by atoms with Crippen LogP contribution in [-0.2, 0) is 13.0 Å². The maximum absolute atomic E-state index is 9.09. The van der Waals surface area contributed by atoms with Crippen LogP contribution in [-0.4, -0.2) is 11.7 Å². The number of rotatable bonds is 4. The van der Waals surface area contributed by atoms with Gasteiger partial charge in [0.05, 0.1) is 13.2 Å². The van der Waals surface area contributed by atoms with Crippen LogP contribution in [0.25, 0.3) is 0 Å². The Morgan fingerprint density at radius 2 is 2.00 bits per heavy atom. The highest BCUT2D eigenvalue weighted by molar-refractivity contribution is 5.35. The van der Waals surface area contributed by atoms with Crippen LogP contribution in [0.2, 0.25) is 0 Å². The Morgan fingerprint density at radius 3 is 2.54 bits per heavy atom. The van der Waals surface area contributed by atoms with Gasteiger partial charge in [-0.05, 0) is 36.6 Å². The smallest absolute Gasteiger partial charge is 0.119 e. The van der Waals surface area contributed by atoms with E-state index in [9.17, 15) is 0 Å². The van der Waals surface area contributed by atoms with Crippen molar-refractivity contribution in [1.82, 2.24) is 0 Å². The summed E-state index contributed by atoms with van der Waals surface area (Å²) in [5, 5.41) is 9.09. The fourth-order valence-electron chi connectivity index (χ4n) is 1.35. The minimum atomic E-state index is 0.0874. The third kappa shape index (κ3) is 2.46. The molecule has 1 aromatic rings. The predicted octanol–water partition coefficient (Wildman–Crippen LogP) is 2.14. The maximum atomic E-state index is 9.09. The zero-order valence-corrected chi connectivity index (χ0v) is 8.21. The van der Waals surface area contributed by atoms with Gasteiger partial charge in [-0.3, -0.25) is 0 Å². The van der Waals surface area contributed by atoms with Crippen molar-refractivity contribution in [2.45, 2.75) is 26.9 Å². The Kier molecular flexibility index (Phi) is 3.77. The van der Waals surface area contributed by atoms with Crippen molar-refractivity contribution in [2.24, 2.45) is 0 Å². The fourth-order valence-corrected chi connectivity index (χ4v) is 1.35. The SMILES string of the molecule is CCOc1ccc(CC)c(CO)c1. The van der Waals surface area contributed by atoms with Crippen LogP contribution in [0, 0.1) is 0 Å². The third-order valence-electron chi connectivity index (χ3n) is 2.04. The van der Waals surface area contributed by atoms with E-state index in [1.165, 1.54) is 5.56 Å². The molecule has 1 rings (SSSR count). The molecule has 0 spiro atoms. The van der Waals surface area contributed by atoms with Crippen LogP contribution in [0.5, 0.6) is 5.75 Å². The molecule has 0 radical (unpaired) electrons. The first-order valence-electron chi connectivity index (χ1n) is 4.67. The van der Waals surface area contributed by atoms with Gasteiger partial charge in [0.15, 0.2) is 0 Å². The second-order valence-electron chi connectivity index (χ2n) is 2.88. The van der Waals surface area contributed by atoms with Crippen LogP contribution in [0.4, 0.5) is 0 Å². The van der Waals surface area contributed by atoms with E-state index in [1.807, 2.05) is 25.1 Å². The number of aryl methyl sites for hydroxylation is 1. The van der Waals surface area contributed by atoms with E-state index in [4.69, 9.17) is 9.84 Å². The largest absolute Gasteiger partial charge is 0.494 e. The molecule has 0 heterocycles. The highest BCUT2D eigenvalue weighted by Crippen LogP contribution is 2.18. The van der Waals surface area contributed by atoms with Gasteiger partial charge in [-0.1, -0.05) is 13.0 Å². The molecule has 2 nitrogen and oxygen atoms in total. The van der Waals surface area contributed by atoms with Crippen molar-refractivity contribution in [1.29, 1.82) is 0 Å². The normalized spacial score (nSPS) is 10.1. The lowest BCUT2D eigenvalue weighted by atomic mass is 10.1. The second-order valence-corrected chi connectivity index (χ2v) is 2.88. The molecular weight excluding hydrogens is 164 g/mol. The minimum Gasteiger partial charge on any atom is -0.494 e. The van der Waals surface area contributed by atoms with E-state index in [0.717, 1.165) is 17.7 Å². The second kappa shape index (κ2) is 4.87. The van der Waals surface area contributed by atoms with E-state index >= 15 is 0 Å². The average molecular weight is 180 g/mol. The zero-order chi connectivity index (χ0) is 9.68. The molecule has 0 amide bonds. The monoisotopic (exact) mass is 180 g/mol. The van der Waals surface area contributed by atoms with E-state index in [-0.39, 0.29) is 6.61 Å². The summed E-state index contributed by atoms with van der Waals surface area (Å²) in [5.74, 6) is 0.837. The Labute approximate surface area is 79.2 Å². The van der Waals surface area contributed by atoms with E-state index in [1.54, 1.807) is 0 Å². The fraction of sp³-hybridized carbons (Fsp3) is 0.455. The molecule has 2 heteroatoms.